The van der Waals surface area contributed by atoms with Gasteiger partial charge in [-0.25, -0.2) is 0 Å². The predicted molar refractivity (Wildman–Crippen MR) is 78.6 cm³/mol. The molecule has 20 heavy (non-hydrogen) atoms. The van der Waals surface area contributed by atoms with Gasteiger partial charge in [-0.1, -0.05) is 24.3 Å². The van der Waals surface area contributed by atoms with Crippen molar-refractivity contribution in [3.05, 3.63) is 64.7 Å². The van der Waals surface area contributed by atoms with Gasteiger partial charge in [0.05, 0.1) is 11.6 Å². The summed E-state index contributed by atoms with van der Waals surface area (Å²) >= 11 is 0. The highest BCUT2D eigenvalue weighted by Gasteiger charge is 2.10. The van der Waals surface area contributed by atoms with E-state index in [2.05, 4.69) is 18.2 Å². The molecular formula is C18H17NO. The van der Waals surface area contributed by atoms with Crippen molar-refractivity contribution in [2.45, 2.75) is 32.3 Å². The molecular weight excluding hydrogens is 246 g/mol. The first-order chi connectivity index (χ1) is 9.86. The van der Waals surface area contributed by atoms with Crippen LogP contribution < -0.4 is 4.74 Å². The summed E-state index contributed by atoms with van der Waals surface area (Å²) < 4.78 is 5.85. The molecule has 0 bridgehead atoms. The zero-order chi connectivity index (χ0) is 13.8. The monoisotopic (exact) mass is 263 g/mol. The normalized spacial score (nSPS) is 13.3. The van der Waals surface area contributed by atoms with E-state index in [1.54, 1.807) is 0 Å². The lowest BCUT2D eigenvalue weighted by molar-refractivity contribution is 0.305. The van der Waals surface area contributed by atoms with Gasteiger partial charge >= 0.3 is 0 Å². The van der Waals surface area contributed by atoms with Crippen molar-refractivity contribution in [1.29, 1.82) is 5.26 Å². The van der Waals surface area contributed by atoms with Crippen molar-refractivity contribution >= 4 is 0 Å². The zero-order valence-electron chi connectivity index (χ0n) is 11.4. The molecule has 0 aromatic heterocycles. The van der Waals surface area contributed by atoms with Crippen LogP contribution in [0.15, 0.2) is 42.5 Å². The van der Waals surface area contributed by atoms with Crippen molar-refractivity contribution in [2.24, 2.45) is 0 Å². The van der Waals surface area contributed by atoms with Crippen LogP contribution in [0.1, 0.15) is 35.1 Å². The van der Waals surface area contributed by atoms with Gasteiger partial charge in [-0.15, -0.1) is 0 Å². The van der Waals surface area contributed by atoms with Crippen LogP contribution in [0.3, 0.4) is 0 Å². The van der Waals surface area contributed by atoms with Crippen LogP contribution in [0.5, 0.6) is 5.75 Å². The van der Waals surface area contributed by atoms with Gasteiger partial charge in [-0.2, -0.15) is 5.26 Å². The zero-order valence-corrected chi connectivity index (χ0v) is 11.4. The lowest BCUT2D eigenvalue weighted by Gasteiger charge is -2.17. The number of aryl methyl sites for hydroxylation is 2. The minimum atomic E-state index is 0.447. The fraction of sp³-hybridized carbons (Fsp3) is 0.278. The Morgan fingerprint density at radius 1 is 1.00 bits per heavy atom. The number of hydrogen-bond acceptors (Lipinski definition) is 2. The lowest BCUT2D eigenvalue weighted by Crippen LogP contribution is -2.04. The highest BCUT2D eigenvalue weighted by atomic mass is 16.5. The molecule has 0 aliphatic heterocycles. The third-order valence-corrected chi connectivity index (χ3v) is 3.85. The highest BCUT2D eigenvalue weighted by molar-refractivity contribution is 5.39. The molecule has 2 nitrogen and oxygen atoms in total. The number of fused-ring (bicyclic) bond motifs is 1. The van der Waals surface area contributed by atoms with Crippen molar-refractivity contribution in [3.63, 3.8) is 0 Å². The van der Waals surface area contributed by atoms with Crippen LogP contribution in [-0.2, 0) is 19.4 Å². The summed E-state index contributed by atoms with van der Waals surface area (Å²) in [5, 5.41) is 9.07. The Hall–Kier alpha value is -2.27. The molecule has 0 spiro atoms. The van der Waals surface area contributed by atoms with Gasteiger partial charge in [0, 0.05) is 5.56 Å². The molecule has 2 aromatic rings. The number of nitriles is 1. The van der Waals surface area contributed by atoms with E-state index in [0.717, 1.165) is 17.7 Å². The smallest absolute Gasteiger partial charge is 0.120 e. The molecule has 2 heteroatoms. The van der Waals surface area contributed by atoms with Crippen LogP contribution in [0.25, 0.3) is 0 Å². The van der Waals surface area contributed by atoms with E-state index in [9.17, 15) is 0 Å². The van der Waals surface area contributed by atoms with Gasteiger partial charge in [0.1, 0.15) is 12.4 Å². The van der Waals surface area contributed by atoms with E-state index in [-0.39, 0.29) is 0 Å². The Balaban J connectivity index is 1.74. The second-order valence-electron chi connectivity index (χ2n) is 5.20. The van der Waals surface area contributed by atoms with E-state index < -0.39 is 0 Å². The standard InChI is InChI=1S/C18H17NO/c19-12-16-7-3-4-8-17(16)13-20-18-10-9-14-5-1-2-6-15(14)11-18/h3-4,7-11H,1-2,5-6,13H2. The second kappa shape index (κ2) is 5.79. The molecule has 1 aliphatic carbocycles. The Labute approximate surface area is 119 Å². The largest absolute Gasteiger partial charge is 0.489 e. The summed E-state index contributed by atoms with van der Waals surface area (Å²) in [7, 11) is 0. The molecule has 0 unspecified atom stereocenters. The molecule has 0 amide bonds. The number of rotatable bonds is 3. The quantitative estimate of drug-likeness (QED) is 0.838. The number of ether oxygens (including phenoxy) is 1. The Morgan fingerprint density at radius 3 is 2.65 bits per heavy atom. The molecule has 0 heterocycles. The summed E-state index contributed by atoms with van der Waals surface area (Å²) in [5.41, 5.74) is 4.50. The molecule has 0 saturated carbocycles. The van der Waals surface area contributed by atoms with Crippen molar-refractivity contribution in [3.8, 4) is 11.8 Å². The van der Waals surface area contributed by atoms with Crippen LogP contribution in [0.2, 0.25) is 0 Å². The first kappa shape index (κ1) is 12.7. The van der Waals surface area contributed by atoms with Crippen LogP contribution in [0.4, 0.5) is 0 Å². The summed E-state index contributed by atoms with van der Waals surface area (Å²) in [6, 6.07) is 16.2. The van der Waals surface area contributed by atoms with Crippen molar-refractivity contribution in [1.82, 2.24) is 0 Å². The minimum absolute atomic E-state index is 0.447. The molecule has 3 rings (SSSR count). The fourth-order valence-corrected chi connectivity index (χ4v) is 2.72. The number of hydrogen-bond donors (Lipinski definition) is 0. The Kier molecular flexibility index (Phi) is 3.69. The third kappa shape index (κ3) is 2.67. The third-order valence-electron chi connectivity index (χ3n) is 3.85. The fourth-order valence-electron chi connectivity index (χ4n) is 2.72. The first-order valence-electron chi connectivity index (χ1n) is 7.09. The average Bonchev–Trinajstić information content (AvgIpc) is 2.53. The summed E-state index contributed by atoms with van der Waals surface area (Å²) in [5.74, 6) is 0.901. The summed E-state index contributed by atoms with van der Waals surface area (Å²) in [6.45, 7) is 0.447. The van der Waals surface area contributed by atoms with Crippen molar-refractivity contribution < 1.29 is 4.74 Å². The molecule has 0 saturated heterocycles. The Bertz CT molecular complexity index is 655. The van der Waals surface area contributed by atoms with Gasteiger partial charge < -0.3 is 4.74 Å². The maximum atomic E-state index is 9.07. The van der Waals surface area contributed by atoms with E-state index in [1.165, 1.54) is 30.4 Å². The highest BCUT2D eigenvalue weighted by Crippen LogP contribution is 2.26. The Morgan fingerprint density at radius 2 is 1.80 bits per heavy atom. The van der Waals surface area contributed by atoms with Gasteiger partial charge in [0.15, 0.2) is 0 Å². The minimum Gasteiger partial charge on any atom is -0.489 e. The molecule has 2 aromatic carbocycles. The van der Waals surface area contributed by atoms with Crippen LogP contribution >= 0.6 is 0 Å². The van der Waals surface area contributed by atoms with Crippen LogP contribution in [0, 0.1) is 11.3 Å². The van der Waals surface area contributed by atoms with E-state index in [0.29, 0.717) is 12.2 Å². The first-order valence-corrected chi connectivity index (χ1v) is 7.09. The molecule has 0 atom stereocenters. The molecule has 0 fully saturated rings. The van der Waals surface area contributed by atoms with Gasteiger partial charge in [-0.3, -0.25) is 0 Å². The van der Waals surface area contributed by atoms with Gasteiger partial charge in [0.2, 0.25) is 0 Å². The molecule has 0 radical (unpaired) electrons. The van der Waals surface area contributed by atoms with Crippen molar-refractivity contribution in [2.75, 3.05) is 0 Å². The SMILES string of the molecule is N#Cc1ccccc1COc1ccc2c(c1)CCCC2. The maximum absolute atomic E-state index is 9.07. The molecule has 100 valence electrons. The number of nitrogens with zero attached hydrogens (tertiary/aromatic N) is 1. The topological polar surface area (TPSA) is 33.0 Å². The summed E-state index contributed by atoms with van der Waals surface area (Å²) in [4.78, 5) is 0. The van der Waals surface area contributed by atoms with E-state index in [1.807, 2.05) is 30.3 Å². The molecule has 1 aliphatic rings. The van der Waals surface area contributed by atoms with Gasteiger partial charge in [-0.05, 0) is 55.0 Å². The summed E-state index contributed by atoms with van der Waals surface area (Å²) in [6.07, 6.45) is 4.91. The van der Waals surface area contributed by atoms with Crippen LogP contribution in [-0.4, -0.2) is 0 Å². The van der Waals surface area contributed by atoms with Gasteiger partial charge in [0.25, 0.3) is 0 Å². The maximum Gasteiger partial charge on any atom is 0.120 e. The second-order valence-corrected chi connectivity index (χ2v) is 5.20. The lowest BCUT2D eigenvalue weighted by atomic mass is 9.92. The van der Waals surface area contributed by atoms with E-state index >= 15 is 0 Å². The number of benzene rings is 2. The predicted octanol–water partition coefficient (Wildman–Crippen LogP) is 4.02. The average molecular weight is 263 g/mol. The van der Waals surface area contributed by atoms with E-state index in [4.69, 9.17) is 10.00 Å². The molecule has 0 N–H and O–H groups in total.